The Morgan fingerprint density at radius 3 is 2.86 bits per heavy atom. The summed E-state index contributed by atoms with van der Waals surface area (Å²) in [7, 11) is 0. The number of hydrogen-bond acceptors (Lipinski definition) is 1. The van der Waals surface area contributed by atoms with Gasteiger partial charge >= 0.3 is 0 Å². The van der Waals surface area contributed by atoms with Crippen LogP contribution in [0.2, 0.25) is 0 Å². The molecule has 1 aromatic carbocycles. The van der Waals surface area contributed by atoms with Crippen molar-refractivity contribution in [3.8, 4) is 0 Å². The summed E-state index contributed by atoms with van der Waals surface area (Å²) < 4.78 is 0.939. The van der Waals surface area contributed by atoms with E-state index in [2.05, 4.69) is 28.2 Å². The van der Waals surface area contributed by atoms with Gasteiger partial charge in [0.05, 0.1) is 0 Å². The molecule has 1 saturated carbocycles. The lowest BCUT2D eigenvalue weighted by Crippen LogP contribution is -2.26. The van der Waals surface area contributed by atoms with Crippen LogP contribution in [0.25, 0.3) is 0 Å². The van der Waals surface area contributed by atoms with Crippen LogP contribution in [0.3, 0.4) is 0 Å². The fraction of sp³-hybridized carbons (Fsp3) is 0.364. The molecular weight excluding hydrogens is 242 g/mol. The van der Waals surface area contributed by atoms with Gasteiger partial charge in [0.2, 0.25) is 0 Å². The highest BCUT2D eigenvalue weighted by atomic mass is 79.9. The number of amides is 1. The molecule has 2 unspecified atom stereocenters. The summed E-state index contributed by atoms with van der Waals surface area (Å²) in [4.78, 5) is 11.7. The Bertz CT molecular complexity index is 364. The molecule has 0 saturated heterocycles. The van der Waals surface area contributed by atoms with Crippen LogP contribution in [-0.2, 0) is 0 Å². The predicted octanol–water partition coefficient (Wildman–Crippen LogP) is 2.59. The first-order valence-electron chi connectivity index (χ1n) is 4.73. The van der Waals surface area contributed by atoms with Crippen molar-refractivity contribution in [3.05, 3.63) is 34.3 Å². The maximum Gasteiger partial charge on any atom is 0.251 e. The monoisotopic (exact) mass is 253 g/mol. The Labute approximate surface area is 91.8 Å². The van der Waals surface area contributed by atoms with Crippen LogP contribution in [0.5, 0.6) is 0 Å². The molecule has 0 aromatic heterocycles. The van der Waals surface area contributed by atoms with E-state index >= 15 is 0 Å². The van der Waals surface area contributed by atoms with Crippen molar-refractivity contribution in [2.24, 2.45) is 5.92 Å². The van der Waals surface area contributed by atoms with E-state index in [9.17, 15) is 4.79 Å². The summed E-state index contributed by atoms with van der Waals surface area (Å²) in [6.07, 6.45) is 1.11. The number of benzene rings is 1. The number of carbonyl (C=O) groups excluding carboxylic acids is 1. The Kier molecular flexibility index (Phi) is 2.59. The summed E-state index contributed by atoms with van der Waals surface area (Å²) in [5, 5.41) is 2.99. The molecule has 0 bridgehead atoms. The average molecular weight is 254 g/mol. The maximum atomic E-state index is 11.7. The average Bonchev–Trinajstić information content (AvgIpc) is 2.81. The minimum absolute atomic E-state index is 0.0284. The largest absolute Gasteiger partial charge is 0.349 e. The van der Waals surface area contributed by atoms with Crippen molar-refractivity contribution in [2.75, 3.05) is 0 Å². The second kappa shape index (κ2) is 3.73. The zero-order valence-corrected chi connectivity index (χ0v) is 9.54. The van der Waals surface area contributed by atoms with Crippen molar-refractivity contribution in [3.63, 3.8) is 0 Å². The number of rotatable bonds is 2. The maximum absolute atomic E-state index is 11.7. The molecule has 0 heterocycles. The summed E-state index contributed by atoms with van der Waals surface area (Å²) in [5.41, 5.74) is 0.721. The summed E-state index contributed by atoms with van der Waals surface area (Å²) in [6, 6.07) is 7.84. The summed E-state index contributed by atoms with van der Waals surface area (Å²) in [5.74, 6) is 0.673. The van der Waals surface area contributed by atoms with Crippen LogP contribution in [0.15, 0.2) is 28.7 Å². The lowest BCUT2D eigenvalue weighted by molar-refractivity contribution is 0.0949. The second-order valence-corrected chi connectivity index (χ2v) is 4.72. The highest BCUT2D eigenvalue weighted by Gasteiger charge is 2.33. The standard InChI is InChI=1S/C11H12BrNO/c1-7-5-10(7)13-11(14)8-3-2-4-9(12)6-8/h2-4,6-7,10H,5H2,1H3,(H,13,14). The van der Waals surface area contributed by atoms with E-state index in [4.69, 9.17) is 0 Å². The molecule has 1 aliphatic rings. The quantitative estimate of drug-likeness (QED) is 0.863. The van der Waals surface area contributed by atoms with Crippen LogP contribution in [0.4, 0.5) is 0 Å². The molecule has 0 aliphatic heterocycles. The molecule has 1 aromatic rings. The van der Waals surface area contributed by atoms with E-state index in [-0.39, 0.29) is 5.91 Å². The molecular formula is C11H12BrNO. The van der Waals surface area contributed by atoms with Gasteiger partial charge in [0.15, 0.2) is 0 Å². The molecule has 0 radical (unpaired) electrons. The van der Waals surface area contributed by atoms with Gasteiger partial charge in [0.25, 0.3) is 5.91 Å². The van der Waals surface area contributed by atoms with E-state index in [0.717, 1.165) is 16.5 Å². The molecule has 1 fully saturated rings. The number of carbonyl (C=O) groups is 1. The molecule has 1 amide bonds. The van der Waals surface area contributed by atoms with Gasteiger partial charge in [-0.3, -0.25) is 4.79 Å². The summed E-state index contributed by atoms with van der Waals surface area (Å²) in [6.45, 7) is 2.14. The Morgan fingerprint density at radius 2 is 2.29 bits per heavy atom. The molecule has 14 heavy (non-hydrogen) atoms. The third-order valence-electron chi connectivity index (χ3n) is 2.51. The van der Waals surface area contributed by atoms with E-state index in [1.165, 1.54) is 0 Å². The van der Waals surface area contributed by atoms with Crippen molar-refractivity contribution < 1.29 is 4.79 Å². The molecule has 1 aliphatic carbocycles. The normalized spacial score (nSPS) is 24.4. The number of nitrogens with one attached hydrogen (secondary N) is 1. The van der Waals surface area contributed by atoms with Crippen molar-refractivity contribution in [1.82, 2.24) is 5.32 Å². The molecule has 1 N–H and O–H groups in total. The third-order valence-corrected chi connectivity index (χ3v) is 3.01. The van der Waals surface area contributed by atoms with Gasteiger partial charge < -0.3 is 5.32 Å². The Balaban J connectivity index is 2.03. The van der Waals surface area contributed by atoms with Crippen LogP contribution in [0.1, 0.15) is 23.7 Å². The third kappa shape index (κ3) is 2.15. The fourth-order valence-electron chi connectivity index (χ4n) is 1.40. The molecule has 74 valence electrons. The fourth-order valence-corrected chi connectivity index (χ4v) is 1.80. The lowest BCUT2D eigenvalue weighted by Gasteiger charge is -2.03. The van der Waals surface area contributed by atoms with Crippen LogP contribution >= 0.6 is 15.9 Å². The second-order valence-electron chi connectivity index (χ2n) is 3.80. The smallest absolute Gasteiger partial charge is 0.251 e. The molecule has 2 rings (SSSR count). The predicted molar refractivity (Wildman–Crippen MR) is 59.2 cm³/mol. The van der Waals surface area contributed by atoms with E-state index < -0.39 is 0 Å². The Hall–Kier alpha value is -0.830. The van der Waals surface area contributed by atoms with Crippen LogP contribution < -0.4 is 5.32 Å². The van der Waals surface area contributed by atoms with Crippen LogP contribution in [-0.4, -0.2) is 11.9 Å². The van der Waals surface area contributed by atoms with Crippen molar-refractivity contribution in [2.45, 2.75) is 19.4 Å². The molecule has 0 spiro atoms. The first-order chi connectivity index (χ1) is 6.66. The van der Waals surface area contributed by atoms with Gasteiger partial charge in [0, 0.05) is 16.1 Å². The van der Waals surface area contributed by atoms with Crippen molar-refractivity contribution in [1.29, 1.82) is 0 Å². The molecule has 2 nitrogen and oxygen atoms in total. The lowest BCUT2D eigenvalue weighted by atomic mass is 10.2. The highest BCUT2D eigenvalue weighted by molar-refractivity contribution is 9.10. The first kappa shape index (κ1) is 9.71. The first-order valence-corrected chi connectivity index (χ1v) is 5.52. The zero-order valence-electron chi connectivity index (χ0n) is 7.96. The topological polar surface area (TPSA) is 29.1 Å². The van der Waals surface area contributed by atoms with Gasteiger partial charge in [-0.15, -0.1) is 0 Å². The van der Waals surface area contributed by atoms with E-state index in [1.54, 1.807) is 0 Å². The minimum atomic E-state index is 0.0284. The Morgan fingerprint density at radius 1 is 1.57 bits per heavy atom. The van der Waals surface area contributed by atoms with Gasteiger partial charge in [-0.05, 0) is 30.5 Å². The zero-order chi connectivity index (χ0) is 10.1. The number of halogens is 1. The van der Waals surface area contributed by atoms with Crippen LogP contribution in [0, 0.1) is 5.92 Å². The number of hydrogen-bond donors (Lipinski definition) is 1. The SMILES string of the molecule is CC1CC1NC(=O)c1cccc(Br)c1. The van der Waals surface area contributed by atoms with Gasteiger partial charge in [-0.1, -0.05) is 28.9 Å². The molecule has 3 heteroatoms. The molecule has 2 atom stereocenters. The van der Waals surface area contributed by atoms with Crippen molar-refractivity contribution >= 4 is 21.8 Å². The van der Waals surface area contributed by atoms with Gasteiger partial charge in [0.1, 0.15) is 0 Å². The van der Waals surface area contributed by atoms with E-state index in [1.807, 2.05) is 24.3 Å². The van der Waals surface area contributed by atoms with Gasteiger partial charge in [-0.2, -0.15) is 0 Å². The van der Waals surface area contributed by atoms with Gasteiger partial charge in [-0.25, -0.2) is 0 Å². The minimum Gasteiger partial charge on any atom is -0.349 e. The highest BCUT2D eigenvalue weighted by Crippen LogP contribution is 2.29. The summed E-state index contributed by atoms with van der Waals surface area (Å²) >= 11 is 3.34. The van der Waals surface area contributed by atoms with E-state index in [0.29, 0.717) is 12.0 Å².